The van der Waals surface area contributed by atoms with Crippen molar-refractivity contribution in [2.45, 2.75) is 43.7 Å². The number of Topliss-reactive ketones (excluding diaryl/α,β-unsaturated/α-hetero) is 1. The quantitative estimate of drug-likeness (QED) is 0.313. The monoisotopic (exact) mass is 504 g/mol. The highest BCUT2D eigenvalue weighted by Crippen LogP contribution is 2.46. The fraction of sp³-hybridized carbons (Fsp3) is 0.478. The molecule has 0 amide bonds. The van der Waals surface area contributed by atoms with Gasteiger partial charge in [0.1, 0.15) is 12.2 Å². The molecular formula is C23H24N2O11. The van der Waals surface area contributed by atoms with Crippen molar-refractivity contribution in [3.05, 3.63) is 56.4 Å². The van der Waals surface area contributed by atoms with Crippen LogP contribution in [0, 0.1) is 10.1 Å². The average molecular weight is 504 g/mol. The van der Waals surface area contributed by atoms with Gasteiger partial charge in [-0.1, -0.05) is 6.07 Å². The van der Waals surface area contributed by atoms with Gasteiger partial charge in [-0.05, 0) is 31.5 Å². The molecule has 5 rings (SSSR count). The summed E-state index contributed by atoms with van der Waals surface area (Å²) in [6, 6.07) is 5.04. The third-order valence-corrected chi connectivity index (χ3v) is 6.83. The molecule has 0 saturated carbocycles. The number of carbonyl (C=O) groups excluding carboxylic acids is 2. The fourth-order valence-electron chi connectivity index (χ4n) is 5.22. The molecular weight excluding hydrogens is 480 g/mol. The smallest absolute Gasteiger partial charge is 0.336 e. The number of hydrogen-bond acceptors (Lipinski definition) is 12. The first-order valence-electron chi connectivity index (χ1n) is 11.1. The number of carbonyl (C=O) groups is 2. The molecule has 0 spiro atoms. The van der Waals surface area contributed by atoms with Gasteiger partial charge >= 0.3 is 5.97 Å². The summed E-state index contributed by atoms with van der Waals surface area (Å²) in [5.74, 6) is -1.39. The van der Waals surface area contributed by atoms with Gasteiger partial charge in [-0.3, -0.25) is 4.79 Å². The predicted molar refractivity (Wildman–Crippen MR) is 117 cm³/mol. The molecule has 2 N–H and O–H groups in total. The topological polar surface area (TPSA) is 165 Å². The normalized spacial score (nSPS) is 30.7. The minimum Gasteiger partial charge on any atom is -0.466 e. The lowest BCUT2D eigenvalue weighted by atomic mass is 9.74. The third-order valence-electron chi connectivity index (χ3n) is 6.83. The highest BCUT2D eigenvalue weighted by atomic mass is 17.0. The number of hydrogen-bond donors (Lipinski definition) is 2. The Morgan fingerprint density at radius 1 is 1.17 bits per heavy atom. The van der Waals surface area contributed by atoms with Crippen molar-refractivity contribution in [1.82, 2.24) is 5.32 Å². The van der Waals surface area contributed by atoms with Crippen molar-refractivity contribution in [3.8, 4) is 11.5 Å². The summed E-state index contributed by atoms with van der Waals surface area (Å²) < 4.78 is 27.0. The van der Waals surface area contributed by atoms with E-state index in [4.69, 9.17) is 23.7 Å². The summed E-state index contributed by atoms with van der Waals surface area (Å²) >= 11 is 0. The number of nitrogens with one attached hydrogen (secondary N) is 1. The first-order valence-corrected chi connectivity index (χ1v) is 11.1. The Bertz CT molecular complexity index is 1210. The Balaban J connectivity index is 1.56. The van der Waals surface area contributed by atoms with E-state index in [0.717, 1.165) is 0 Å². The first kappa shape index (κ1) is 24.0. The number of aliphatic hydroxyl groups is 1. The Labute approximate surface area is 204 Å². The molecule has 0 bridgehead atoms. The second kappa shape index (κ2) is 8.76. The highest BCUT2D eigenvalue weighted by molar-refractivity contribution is 6.08. The van der Waals surface area contributed by atoms with E-state index in [-0.39, 0.29) is 24.5 Å². The van der Waals surface area contributed by atoms with Crippen LogP contribution in [0.25, 0.3) is 0 Å². The van der Waals surface area contributed by atoms with Gasteiger partial charge in [0.15, 0.2) is 29.0 Å². The zero-order valence-corrected chi connectivity index (χ0v) is 19.6. The van der Waals surface area contributed by atoms with Crippen molar-refractivity contribution >= 4 is 11.8 Å². The number of ether oxygens (including phenoxy) is 5. The number of allylic oxidation sites excluding steroid dienone is 2. The largest absolute Gasteiger partial charge is 0.466 e. The van der Waals surface area contributed by atoms with Crippen LogP contribution in [-0.4, -0.2) is 73.0 Å². The number of fused-ring (bicyclic) bond motifs is 2. The summed E-state index contributed by atoms with van der Waals surface area (Å²) in [5.41, 5.74) is -0.508. The van der Waals surface area contributed by atoms with E-state index in [1.807, 2.05) is 0 Å². The van der Waals surface area contributed by atoms with Crippen molar-refractivity contribution in [3.63, 3.8) is 0 Å². The fourth-order valence-corrected chi connectivity index (χ4v) is 5.22. The number of nitrogens with zero attached hydrogens (tertiary/aromatic N) is 1. The average Bonchev–Trinajstić information content (AvgIpc) is 3.55. The van der Waals surface area contributed by atoms with Crippen molar-refractivity contribution in [1.29, 1.82) is 0 Å². The molecule has 5 atom stereocenters. The molecule has 1 unspecified atom stereocenters. The molecule has 36 heavy (non-hydrogen) atoms. The van der Waals surface area contributed by atoms with Gasteiger partial charge in [0, 0.05) is 22.9 Å². The lowest BCUT2D eigenvalue weighted by Gasteiger charge is -2.35. The second-order valence-corrected chi connectivity index (χ2v) is 8.89. The van der Waals surface area contributed by atoms with E-state index in [9.17, 15) is 24.8 Å². The minimum atomic E-state index is -2.18. The number of dihydropyridines is 1. The Kier molecular flexibility index (Phi) is 5.85. The molecule has 0 aromatic heterocycles. The van der Waals surface area contributed by atoms with Crippen molar-refractivity contribution < 1.29 is 48.3 Å². The molecule has 4 heterocycles. The van der Waals surface area contributed by atoms with E-state index in [1.165, 1.54) is 7.11 Å². The second-order valence-electron chi connectivity index (χ2n) is 8.89. The molecule has 0 radical (unpaired) electrons. The van der Waals surface area contributed by atoms with Crippen LogP contribution in [0.1, 0.15) is 25.3 Å². The molecule has 13 nitrogen and oxygen atoms in total. The van der Waals surface area contributed by atoms with Crippen LogP contribution in [0.3, 0.4) is 0 Å². The van der Waals surface area contributed by atoms with Crippen LogP contribution >= 0.6 is 0 Å². The van der Waals surface area contributed by atoms with Crippen LogP contribution in [0.2, 0.25) is 0 Å². The Hall–Kier alpha value is -3.68. The summed E-state index contributed by atoms with van der Waals surface area (Å²) in [6.45, 7) is 2.66. The zero-order chi connectivity index (χ0) is 25.8. The number of rotatable bonds is 6. The highest BCUT2D eigenvalue weighted by Gasteiger charge is 2.62. The van der Waals surface area contributed by atoms with Gasteiger partial charge in [0.25, 0.3) is 5.09 Å². The molecule has 192 valence electrons. The van der Waals surface area contributed by atoms with Crippen LogP contribution in [0.15, 0.2) is 40.7 Å². The SMILES string of the molecule is COC(=O)C1=C(C)NC(C)=C(C(=O)[C@@]2(O)CO[C@@H]3[C@@H](O[N+](=O)[O-])CO[C@@H]32)C1c1ccc2c(c1)OCO2. The van der Waals surface area contributed by atoms with Gasteiger partial charge in [0.05, 0.1) is 25.9 Å². The number of ketones is 1. The van der Waals surface area contributed by atoms with Crippen LogP contribution in [0.4, 0.5) is 0 Å². The van der Waals surface area contributed by atoms with Crippen LogP contribution in [-0.2, 0) is 28.6 Å². The predicted octanol–water partition coefficient (Wildman–Crippen LogP) is 0.498. The summed E-state index contributed by atoms with van der Waals surface area (Å²) in [5, 5.41) is 24.5. The summed E-state index contributed by atoms with van der Waals surface area (Å²) in [6.07, 6.45) is -3.33. The molecule has 2 saturated heterocycles. The van der Waals surface area contributed by atoms with E-state index >= 15 is 0 Å². The lowest BCUT2D eigenvalue weighted by molar-refractivity contribution is -0.769. The first-order chi connectivity index (χ1) is 17.2. The van der Waals surface area contributed by atoms with Crippen molar-refractivity contribution in [2.75, 3.05) is 27.1 Å². The molecule has 1 aromatic rings. The Morgan fingerprint density at radius 3 is 2.61 bits per heavy atom. The van der Waals surface area contributed by atoms with Gasteiger partial charge in [-0.25, -0.2) is 4.79 Å². The minimum absolute atomic E-state index is 0.0370. The van der Waals surface area contributed by atoms with Gasteiger partial charge in [0.2, 0.25) is 6.79 Å². The maximum atomic E-state index is 14.1. The maximum absolute atomic E-state index is 14.1. The van der Waals surface area contributed by atoms with Gasteiger partial charge in [-0.2, -0.15) is 0 Å². The van der Waals surface area contributed by atoms with Crippen LogP contribution in [0.5, 0.6) is 11.5 Å². The van der Waals surface area contributed by atoms with E-state index in [0.29, 0.717) is 28.5 Å². The van der Waals surface area contributed by atoms with Gasteiger partial charge in [-0.15, -0.1) is 10.1 Å². The lowest BCUT2D eigenvalue weighted by Crippen LogP contribution is -2.53. The molecule has 4 aliphatic rings. The molecule has 1 aromatic carbocycles. The van der Waals surface area contributed by atoms with Crippen molar-refractivity contribution in [2.24, 2.45) is 0 Å². The molecule has 2 fully saturated rings. The van der Waals surface area contributed by atoms with Crippen LogP contribution < -0.4 is 14.8 Å². The van der Waals surface area contributed by atoms with E-state index in [2.05, 4.69) is 10.2 Å². The molecule has 0 aliphatic carbocycles. The standard InChI is InChI=1S/C23H24N2O11/c1-10-16(20(26)23(28)8-33-19-15(36-25(29)30)7-32-21(19)23)18(17(11(2)24-10)22(27)31-3)12-4-5-13-14(6-12)35-9-34-13/h4-6,15,18-19,21,24,28H,7-9H2,1-3H3/t15-,18?,19+,21-,23-/m0/s1. The maximum Gasteiger partial charge on any atom is 0.336 e. The van der Waals surface area contributed by atoms with E-state index in [1.54, 1.807) is 32.0 Å². The summed E-state index contributed by atoms with van der Waals surface area (Å²) in [4.78, 5) is 42.4. The van der Waals surface area contributed by atoms with Gasteiger partial charge < -0.3 is 38.9 Å². The number of esters is 1. The van der Waals surface area contributed by atoms with E-state index < -0.39 is 53.3 Å². The number of methoxy groups -OCH3 is 1. The Morgan fingerprint density at radius 2 is 1.89 bits per heavy atom. The third kappa shape index (κ3) is 3.67. The summed E-state index contributed by atoms with van der Waals surface area (Å²) in [7, 11) is 1.23. The molecule has 13 heteroatoms. The molecule has 4 aliphatic heterocycles. The number of benzene rings is 1. The zero-order valence-electron chi connectivity index (χ0n) is 19.6.